The molecule has 24 heavy (non-hydrogen) atoms. The molecule has 0 aliphatic carbocycles. The highest BCUT2D eigenvalue weighted by Crippen LogP contribution is 2.29. The lowest BCUT2D eigenvalue weighted by molar-refractivity contribution is -0.120. The van der Waals surface area contributed by atoms with Crippen LogP contribution in [0.1, 0.15) is 18.4 Å². The molecule has 2 aromatic carbocycles. The van der Waals surface area contributed by atoms with Crippen LogP contribution in [0.15, 0.2) is 42.5 Å². The second-order valence-electron chi connectivity index (χ2n) is 5.75. The molecule has 0 aromatic heterocycles. The third-order valence-electron chi connectivity index (χ3n) is 4.06. The molecule has 2 aromatic rings. The van der Waals surface area contributed by atoms with Gasteiger partial charge in [0.1, 0.15) is 6.04 Å². The maximum Gasteiger partial charge on any atom is 0.247 e. The van der Waals surface area contributed by atoms with E-state index in [1.54, 1.807) is 36.4 Å². The summed E-state index contributed by atoms with van der Waals surface area (Å²) >= 11 is 12.0. The fourth-order valence-electron chi connectivity index (χ4n) is 2.75. The van der Waals surface area contributed by atoms with Gasteiger partial charge in [-0.15, -0.1) is 0 Å². The molecule has 1 aliphatic rings. The van der Waals surface area contributed by atoms with Crippen molar-refractivity contribution >= 4 is 46.4 Å². The number of halogens is 2. The lowest BCUT2D eigenvalue weighted by atomic mass is 10.1. The average Bonchev–Trinajstić information content (AvgIpc) is 2.93. The molecule has 0 saturated carbocycles. The number of rotatable bonds is 3. The molecule has 0 bridgehead atoms. The molecule has 3 rings (SSSR count). The van der Waals surface area contributed by atoms with Gasteiger partial charge in [0.2, 0.25) is 11.8 Å². The Morgan fingerprint density at radius 1 is 1.17 bits per heavy atom. The SMILES string of the molecule is Cc1ccc(NC(=O)C2CCC(=O)N2c2ccc(Cl)cc2)cc1Cl. The fraction of sp³-hybridized carbons (Fsp3) is 0.222. The first-order chi connectivity index (χ1) is 11.5. The Morgan fingerprint density at radius 3 is 2.54 bits per heavy atom. The van der Waals surface area contributed by atoms with Crippen molar-refractivity contribution in [2.45, 2.75) is 25.8 Å². The van der Waals surface area contributed by atoms with Gasteiger partial charge in [-0.2, -0.15) is 0 Å². The summed E-state index contributed by atoms with van der Waals surface area (Å²) in [6.07, 6.45) is 0.822. The molecule has 1 atom stereocenters. The molecule has 0 spiro atoms. The Morgan fingerprint density at radius 2 is 1.88 bits per heavy atom. The number of carbonyl (C=O) groups is 2. The number of nitrogens with zero attached hydrogens (tertiary/aromatic N) is 1. The Bertz CT molecular complexity index is 790. The van der Waals surface area contributed by atoms with Crippen molar-refractivity contribution in [2.75, 3.05) is 10.2 Å². The van der Waals surface area contributed by atoms with E-state index < -0.39 is 6.04 Å². The van der Waals surface area contributed by atoms with Gasteiger partial charge in [-0.05, 0) is 55.3 Å². The van der Waals surface area contributed by atoms with Gasteiger partial charge in [-0.3, -0.25) is 14.5 Å². The third kappa shape index (κ3) is 3.40. The monoisotopic (exact) mass is 362 g/mol. The Labute approximate surface area is 150 Å². The van der Waals surface area contributed by atoms with Gasteiger partial charge in [-0.25, -0.2) is 0 Å². The van der Waals surface area contributed by atoms with E-state index in [-0.39, 0.29) is 11.8 Å². The molecule has 1 heterocycles. The van der Waals surface area contributed by atoms with E-state index in [1.165, 1.54) is 4.90 Å². The quantitative estimate of drug-likeness (QED) is 0.877. The number of carbonyl (C=O) groups excluding carboxylic acids is 2. The summed E-state index contributed by atoms with van der Waals surface area (Å²) in [7, 11) is 0. The molecule has 1 unspecified atom stereocenters. The first-order valence-corrected chi connectivity index (χ1v) is 8.36. The zero-order valence-corrected chi connectivity index (χ0v) is 14.6. The number of hydrogen-bond acceptors (Lipinski definition) is 2. The number of anilines is 2. The van der Waals surface area contributed by atoms with E-state index in [4.69, 9.17) is 23.2 Å². The molecule has 6 heteroatoms. The first kappa shape index (κ1) is 16.8. The summed E-state index contributed by atoms with van der Waals surface area (Å²) in [5, 5.41) is 4.01. The maximum atomic E-state index is 12.6. The standard InChI is InChI=1S/C18H16Cl2N2O2/c1-11-2-5-13(10-15(11)20)21-18(24)16-8-9-17(23)22(16)14-6-3-12(19)4-7-14/h2-7,10,16H,8-9H2,1H3,(H,21,24). The van der Waals surface area contributed by atoms with E-state index >= 15 is 0 Å². The minimum absolute atomic E-state index is 0.0700. The number of amides is 2. The minimum Gasteiger partial charge on any atom is -0.324 e. The van der Waals surface area contributed by atoms with Crippen LogP contribution in [0, 0.1) is 6.92 Å². The van der Waals surface area contributed by atoms with Gasteiger partial charge in [-0.1, -0.05) is 29.3 Å². The van der Waals surface area contributed by atoms with E-state index in [9.17, 15) is 9.59 Å². The summed E-state index contributed by atoms with van der Waals surface area (Å²) < 4.78 is 0. The normalized spacial score (nSPS) is 17.2. The average molecular weight is 363 g/mol. The second-order valence-corrected chi connectivity index (χ2v) is 6.59. The minimum atomic E-state index is -0.543. The highest BCUT2D eigenvalue weighted by Gasteiger charge is 2.37. The molecule has 2 amide bonds. The van der Waals surface area contributed by atoms with Crippen molar-refractivity contribution in [3.05, 3.63) is 58.1 Å². The predicted molar refractivity (Wildman–Crippen MR) is 96.8 cm³/mol. The van der Waals surface area contributed by atoms with E-state index in [2.05, 4.69) is 5.32 Å². The van der Waals surface area contributed by atoms with Crippen molar-refractivity contribution in [1.29, 1.82) is 0 Å². The van der Waals surface area contributed by atoms with Crippen molar-refractivity contribution in [2.24, 2.45) is 0 Å². The summed E-state index contributed by atoms with van der Waals surface area (Å²) in [5.41, 5.74) is 2.23. The number of hydrogen-bond donors (Lipinski definition) is 1. The molecule has 124 valence electrons. The lowest BCUT2D eigenvalue weighted by Gasteiger charge is -2.24. The molecule has 1 fully saturated rings. The highest BCUT2D eigenvalue weighted by atomic mass is 35.5. The van der Waals surface area contributed by atoms with E-state index in [1.807, 2.05) is 13.0 Å². The van der Waals surface area contributed by atoms with E-state index in [0.29, 0.717) is 34.3 Å². The zero-order chi connectivity index (χ0) is 17.3. The van der Waals surface area contributed by atoms with Gasteiger partial charge in [0.25, 0.3) is 0 Å². The number of aryl methyl sites for hydroxylation is 1. The Hall–Kier alpha value is -2.04. The molecule has 1 N–H and O–H groups in total. The topological polar surface area (TPSA) is 49.4 Å². The predicted octanol–water partition coefficient (Wildman–Crippen LogP) is 4.44. The van der Waals surface area contributed by atoms with Gasteiger partial charge < -0.3 is 5.32 Å². The molecule has 0 radical (unpaired) electrons. The molecule has 1 saturated heterocycles. The maximum absolute atomic E-state index is 12.6. The van der Waals surface area contributed by atoms with Crippen LogP contribution in [0.4, 0.5) is 11.4 Å². The molecule has 1 aliphatic heterocycles. The third-order valence-corrected chi connectivity index (χ3v) is 4.72. The van der Waals surface area contributed by atoms with Crippen molar-refractivity contribution in [3.8, 4) is 0 Å². The van der Waals surface area contributed by atoms with Crippen molar-refractivity contribution < 1.29 is 9.59 Å². The van der Waals surface area contributed by atoms with Crippen LogP contribution in [0.25, 0.3) is 0 Å². The van der Waals surface area contributed by atoms with Gasteiger partial charge in [0.05, 0.1) is 0 Å². The molecular weight excluding hydrogens is 347 g/mol. The van der Waals surface area contributed by atoms with Gasteiger partial charge in [0, 0.05) is 27.8 Å². The van der Waals surface area contributed by atoms with Crippen LogP contribution >= 0.6 is 23.2 Å². The summed E-state index contributed by atoms with van der Waals surface area (Å²) in [6.45, 7) is 1.89. The second kappa shape index (κ2) is 6.83. The molecule has 4 nitrogen and oxygen atoms in total. The lowest BCUT2D eigenvalue weighted by Crippen LogP contribution is -2.41. The Balaban J connectivity index is 1.81. The van der Waals surface area contributed by atoms with Crippen LogP contribution in [0.5, 0.6) is 0 Å². The van der Waals surface area contributed by atoms with Crippen LogP contribution in [0.3, 0.4) is 0 Å². The molecular formula is C18H16Cl2N2O2. The van der Waals surface area contributed by atoms with Crippen LogP contribution in [-0.4, -0.2) is 17.9 Å². The van der Waals surface area contributed by atoms with Gasteiger partial charge in [0.15, 0.2) is 0 Å². The summed E-state index contributed by atoms with van der Waals surface area (Å²) in [4.78, 5) is 26.4. The van der Waals surface area contributed by atoms with E-state index in [0.717, 1.165) is 5.56 Å². The van der Waals surface area contributed by atoms with Crippen LogP contribution in [0.2, 0.25) is 10.0 Å². The zero-order valence-electron chi connectivity index (χ0n) is 13.1. The van der Waals surface area contributed by atoms with Crippen molar-refractivity contribution in [1.82, 2.24) is 0 Å². The van der Waals surface area contributed by atoms with Crippen molar-refractivity contribution in [3.63, 3.8) is 0 Å². The fourth-order valence-corrected chi connectivity index (χ4v) is 3.06. The Kier molecular flexibility index (Phi) is 4.78. The van der Waals surface area contributed by atoms with Gasteiger partial charge >= 0.3 is 0 Å². The summed E-state index contributed by atoms with van der Waals surface area (Å²) in [6, 6.07) is 11.7. The summed E-state index contributed by atoms with van der Waals surface area (Å²) in [5.74, 6) is -0.296. The van der Waals surface area contributed by atoms with Crippen LogP contribution in [-0.2, 0) is 9.59 Å². The smallest absolute Gasteiger partial charge is 0.247 e. The first-order valence-electron chi connectivity index (χ1n) is 7.60. The highest BCUT2D eigenvalue weighted by molar-refractivity contribution is 6.31. The van der Waals surface area contributed by atoms with Crippen LogP contribution < -0.4 is 10.2 Å². The number of nitrogens with one attached hydrogen (secondary N) is 1. The largest absolute Gasteiger partial charge is 0.324 e. The number of benzene rings is 2.